The third-order valence-corrected chi connectivity index (χ3v) is 3.13. The van der Waals surface area contributed by atoms with Gasteiger partial charge in [-0.15, -0.1) is 0 Å². The summed E-state index contributed by atoms with van der Waals surface area (Å²) in [5, 5.41) is 3.03. The summed E-state index contributed by atoms with van der Waals surface area (Å²) in [5.74, 6) is -1.68. The van der Waals surface area contributed by atoms with Crippen LogP contribution in [0.5, 0.6) is 0 Å². The molecule has 0 aliphatic rings. The first kappa shape index (κ1) is 12.0. The molecule has 0 heterocycles. The second kappa shape index (κ2) is 5.27. The third kappa shape index (κ3) is 3.03. The van der Waals surface area contributed by atoms with Crippen molar-refractivity contribution in [2.45, 2.75) is 6.54 Å². The van der Waals surface area contributed by atoms with Crippen LogP contribution in [0.4, 0.5) is 14.5 Å². The van der Waals surface area contributed by atoms with Gasteiger partial charge >= 0.3 is 0 Å². The number of benzene rings is 2. The van der Waals surface area contributed by atoms with Gasteiger partial charge in [0.25, 0.3) is 0 Å². The number of hydrogen-bond donors (Lipinski definition) is 1. The van der Waals surface area contributed by atoms with Gasteiger partial charge in [0.1, 0.15) is 0 Å². The van der Waals surface area contributed by atoms with Gasteiger partial charge in [0.2, 0.25) is 0 Å². The first-order valence-corrected chi connectivity index (χ1v) is 5.88. The first-order valence-electron chi connectivity index (χ1n) is 5.09. The van der Waals surface area contributed by atoms with Crippen molar-refractivity contribution in [3.8, 4) is 0 Å². The van der Waals surface area contributed by atoms with Crippen molar-refractivity contribution in [3.63, 3.8) is 0 Å². The molecule has 0 amide bonds. The molecule has 4 heteroatoms. The standard InChI is InChI=1S/C13H10BrF2N/c14-11-4-2-1-3-9(11)8-17-10-5-6-12(15)13(16)7-10/h1-7,17H,8H2. The first-order chi connectivity index (χ1) is 8.16. The Morgan fingerprint density at radius 2 is 1.76 bits per heavy atom. The SMILES string of the molecule is Fc1ccc(NCc2ccccc2Br)cc1F. The Labute approximate surface area is 107 Å². The molecule has 2 aromatic carbocycles. The second-order valence-electron chi connectivity index (χ2n) is 3.57. The summed E-state index contributed by atoms with van der Waals surface area (Å²) in [5.41, 5.74) is 1.61. The predicted octanol–water partition coefficient (Wildman–Crippen LogP) is 4.34. The fourth-order valence-electron chi connectivity index (χ4n) is 1.45. The minimum Gasteiger partial charge on any atom is -0.381 e. The second-order valence-corrected chi connectivity index (χ2v) is 4.43. The Bertz CT molecular complexity index is 529. The van der Waals surface area contributed by atoms with Gasteiger partial charge in [-0.2, -0.15) is 0 Å². The monoisotopic (exact) mass is 297 g/mol. The molecule has 1 nitrogen and oxygen atoms in total. The fraction of sp³-hybridized carbons (Fsp3) is 0.0769. The minimum atomic E-state index is -0.845. The van der Waals surface area contributed by atoms with Crippen LogP contribution < -0.4 is 5.32 Å². The lowest BCUT2D eigenvalue weighted by atomic mass is 10.2. The summed E-state index contributed by atoms with van der Waals surface area (Å²) in [6, 6.07) is 11.5. The van der Waals surface area contributed by atoms with Crippen LogP contribution in [0, 0.1) is 11.6 Å². The molecule has 0 spiro atoms. The highest BCUT2D eigenvalue weighted by molar-refractivity contribution is 9.10. The highest BCUT2D eigenvalue weighted by atomic mass is 79.9. The lowest BCUT2D eigenvalue weighted by Crippen LogP contribution is -2.00. The van der Waals surface area contributed by atoms with Crippen molar-refractivity contribution in [3.05, 3.63) is 64.1 Å². The average molecular weight is 298 g/mol. The van der Waals surface area contributed by atoms with E-state index >= 15 is 0 Å². The van der Waals surface area contributed by atoms with E-state index < -0.39 is 11.6 Å². The maximum Gasteiger partial charge on any atom is 0.160 e. The van der Waals surface area contributed by atoms with Crippen LogP contribution in [0.3, 0.4) is 0 Å². The van der Waals surface area contributed by atoms with Gasteiger partial charge in [0.15, 0.2) is 11.6 Å². The molecule has 0 atom stereocenters. The van der Waals surface area contributed by atoms with Crippen molar-refractivity contribution < 1.29 is 8.78 Å². The van der Waals surface area contributed by atoms with Gasteiger partial charge in [0, 0.05) is 22.8 Å². The van der Waals surface area contributed by atoms with Crippen molar-refractivity contribution in [1.82, 2.24) is 0 Å². The Morgan fingerprint density at radius 1 is 1.00 bits per heavy atom. The molecule has 0 unspecified atom stereocenters. The van der Waals surface area contributed by atoms with Crippen molar-refractivity contribution in [1.29, 1.82) is 0 Å². The molecule has 88 valence electrons. The largest absolute Gasteiger partial charge is 0.381 e. The Hall–Kier alpha value is -1.42. The summed E-state index contributed by atoms with van der Waals surface area (Å²) < 4.78 is 26.7. The van der Waals surface area contributed by atoms with E-state index in [2.05, 4.69) is 21.2 Å². The van der Waals surface area contributed by atoms with E-state index in [1.165, 1.54) is 6.07 Å². The predicted molar refractivity (Wildman–Crippen MR) is 67.8 cm³/mol. The van der Waals surface area contributed by atoms with E-state index in [9.17, 15) is 8.78 Å². The third-order valence-electron chi connectivity index (χ3n) is 2.36. The van der Waals surface area contributed by atoms with Crippen molar-refractivity contribution in [2.24, 2.45) is 0 Å². The summed E-state index contributed by atoms with van der Waals surface area (Å²) in [6.45, 7) is 0.548. The highest BCUT2D eigenvalue weighted by Gasteiger charge is 2.03. The Balaban J connectivity index is 2.08. The van der Waals surface area contributed by atoms with E-state index in [1.807, 2.05) is 24.3 Å². The molecule has 2 rings (SSSR count). The van der Waals surface area contributed by atoms with Crippen LogP contribution in [0.15, 0.2) is 46.9 Å². The minimum absolute atomic E-state index is 0.548. The van der Waals surface area contributed by atoms with Crippen LogP contribution in [-0.4, -0.2) is 0 Å². The van der Waals surface area contributed by atoms with E-state index in [4.69, 9.17) is 0 Å². The Kier molecular flexibility index (Phi) is 3.74. The maximum atomic E-state index is 13.0. The van der Waals surface area contributed by atoms with Crippen LogP contribution in [-0.2, 0) is 6.54 Å². The molecule has 0 saturated carbocycles. The zero-order valence-corrected chi connectivity index (χ0v) is 10.5. The van der Waals surface area contributed by atoms with Gasteiger partial charge < -0.3 is 5.32 Å². The Morgan fingerprint density at radius 3 is 2.47 bits per heavy atom. The number of nitrogens with one attached hydrogen (secondary N) is 1. The fourth-order valence-corrected chi connectivity index (χ4v) is 1.87. The zero-order chi connectivity index (χ0) is 12.3. The van der Waals surface area contributed by atoms with Gasteiger partial charge in [-0.05, 0) is 23.8 Å². The molecule has 0 aliphatic heterocycles. The molecule has 1 N–H and O–H groups in total. The van der Waals surface area contributed by atoms with Crippen molar-refractivity contribution in [2.75, 3.05) is 5.32 Å². The molecule has 0 saturated heterocycles. The van der Waals surface area contributed by atoms with Crippen LogP contribution in [0.1, 0.15) is 5.56 Å². The molecule has 2 aromatic rings. The van der Waals surface area contributed by atoms with Gasteiger partial charge in [-0.3, -0.25) is 0 Å². The van der Waals surface area contributed by atoms with E-state index in [-0.39, 0.29) is 0 Å². The molecule has 0 aliphatic carbocycles. The summed E-state index contributed by atoms with van der Waals surface area (Å²) in [6.07, 6.45) is 0. The number of hydrogen-bond acceptors (Lipinski definition) is 1. The molecular weight excluding hydrogens is 288 g/mol. The van der Waals surface area contributed by atoms with Crippen molar-refractivity contribution >= 4 is 21.6 Å². The van der Waals surface area contributed by atoms with Gasteiger partial charge in [-0.25, -0.2) is 8.78 Å². The van der Waals surface area contributed by atoms with Gasteiger partial charge in [0.05, 0.1) is 0 Å². The van der Waals surface area contributed by atoms with Crippen LogP contribution >= 0.6 is 15.9 Å². The molecule has 0 radical (unpaired) electrons. The van der Waals surface area contributed by atoms with Crippen LogP contribution in [0.25, 0.3) is 0 Å². The molecular formula is C13H10BrF2N. The summed E-state index contributed by atoms with van der Waals surface area (Å²) in [7, 11) is 0. The maximum absolute atomic E-state index is 13.0. The lowest BCUT2D eigenvalue weighted by molar-refractivity contribution is 0.509. The van der Waals surface area contributed by atoms with Crippen LogP contribution in [0.2, 0.25) is 0 Å². The topological polar surface area (TPSA) is 12.0 Å². The van der Waals surface area contributed by atoms with Gasteiger partial charge in [-0.1, -0.05) is 34.1 Å². The quantitative estimate of drug-likeness (QED) is 0.889. The van der Waals surface area contributed by atoms with E-state index in [0.29, 0.717) is 12.2 Å². The smallest absolute Gasteiger partial charge is 0.160 e. The molecule has 17 heavy (non-hydrogen) atoms. The van der Waals surface area contributed by atoms with E-state index in [1.54, 1.807) is 0 Å². The lowest BCUT2D eigenvalue weighted by Gasteiger charge is -2.08. The number of anilines is 1. The molecule has 0 aromatic heterocycles. The average Bonchev–Trinajstić information content (AvgIpc) is 2.32. The summed E-state index contributed by atoms with van der Waals surface area (Å²) in [4.78, 5) is 0. The highest BCUT2D eigenvalue weighted by Crippen LogP contribution is 2.18. The molecule has 0 fully saturated rings. The number of halogens is 3. The molecule has 0 bridgehead atoms. The van der Waals surface area contributed by atoms with E-state index in [0.717, 1.165) is 22.2 Å². The normalized spacial score (nSPS) is 10.3. The zero-order valence-electron chi connectivity index (χ0n) is 8.88. The summed E-state index contributed by atoms with van der Waals surface area (Å²) >= 11 is 3.42. The number of rotatable bonds is 3.